The summed E-state index contributed by atoms with van der Waals surface area (Å²) in [5, 5.41) is 44.2. The Labute approximate surface area is 72.8 Å². The zero-order chi connectivity index (χ0) is 10.2. The summed E-state index contributed by atoms with van der Waals surface area (Å²) in [6, 6.07) is -3.45. The monoisotopic (exact) mass is 198 g/mol. The number of aliphatic hydroxyl groups is 5. The summed E-state index contributed by atoms with van der Waals surface area (Å²) in [5.41, 5.74) is 0. The first kappa shape index (κ1) is 10.8. The molecule has 6 nitrogen and oxygen atoms in total. The predicted octanol–water partition coefficient (Wildman–Crippen LogP) is -2.92. The van der Waals surface area contributed by atoms with Gasteiger partial charge in [0.1, 0.15) is 18.3 Å². The van der Waals surface area contributed by atoms with Crippen LogP contribution in [0.3, 0.4) is 0 Å². The average molecular weight is 198 g/mol. The first-order chi connectivity index (χ1) is 5.90. The lowest BCUT2D eigenvalue weighted by molar-refractivity contribution is -0.403. The molecule has 0 radical (unpaired) electrons. The maximum absolute atomic E-state index is 12.8. The Morgan fingerprint density at radius 3 is 2.23 bits per heavy atom. The Morgan fingerprint density at radius 1 is 1.23 bits per heavy atom. The standard InChI is InChI=1S/C6H11FO6/c7-6(12)5(11)4(10)3(9)2(1-8)13-6/h2-5,8-12H,1H2/t2-,3+,4+,5-,6-/m1/s1. The molecule has 0 amide bonds. The molecule has 78 valence electrons. The highest BCUT2D eigenvalue weighted by atomic mass is 19.2. The minimum atomic E-state index is -3.45. The fraction of sp³-hybridized carbons (Fsp3) is 1.00. The first-order valence-corrected chi connectivity index (χ1v) is 3.64. The molecular formula is C6H11FO6. The van der Waals surface area contributed by atoms with E-state index in [-0.39, 0.29) is 0 Å². The van der Waals surface area contributed by atoms with Crippen LogP contribution in [0.4, 0.5) is 4.39 Å². The molecule has 0 aromatic carbocycles. The molecule has 0 aromatic heterocycles. The van der Waals surface area contributed by atoms with E-state index in [1.165, 1.54) is 0 Å². The van der Waals surface area contributed by atoms with Crippen molar-refractivity contribution in [2.45, 2.75) is 30.5 Å². The van der Waals surface area contributed by atoms with E-state index in [0.29, 0.717) is 0 Å². The van der Waals surface area contributed by atoms with Crippen molar-refractivity contribution in [2.24, 2.45) is 0 Å². The van der Waals surface area contributed by atoms with Crippen LogP contribution in [0, 0.1) is 0 Å². The summed E-state index contributed by atoms with van der Waals surface area (Å²) >= 11 is 0. The molecule has 1 aliphatic rings. The lowest BCUT2D eigenvalue weighted by atomic mass is 9.98. The maximum atomic E-state index is 12.8. The third-order valence-electron chi connectivity index (χ3n) is 1.92. The van der Waals surface area contributed by atoms with Gasteiger partial charge in [0.25, 0.3) is 0 Å². The van der Waals surface area contributed by atoms with Crippen molar-refractivity contribution in [3.63, 3.8) is 0 Å². The summed E-state index contributed by atoms with van der Waals surface area (Å²) < 4.78 is 16.9. The highest BCUT2D eigenvalue weighted by molar-refractivity contribution is 4.91. The highest BCUT2D eigenvalue weighted by Crippen LogP contribution is 2.28. The van der Waals surface area contributed by atoms with E-state index in [2.05, 4.69) is 4.74 Å². The Kier molecular flexibility index (Phi) is 2.85. The fourth-order valence-electron chi connectivity index (χ4n) is 1.11. The Hall–Kier alpha value is -0.310. The number of hydrogen-bond donors (Lipinski definition) is 5. The molecule has 5 N–H and O–H groups in total. The summed E-state index contributed by atoms with van der Waals surface area (Å²) in [7, 11) is 0. The Bertz CT molecular complexity index is 184. The molecule has 0 saturated carbocycles. The minimum Gasteiger partial charge on any atom is -0.394 e. The molecule has 1 fully saturated rings. The summed E-state index contributed by atoms with van der Waals surface area (Å²) in [5.74, 6) is 0. The van der Waals surface area contributed by atoms with Crippen LogP contribution in [-0.2, 0) is 4.74 Å². The molecule has 5 atom stereocenters. The molecule has 1 aliphatic heterocycles. The van der Waals surface area contributed by atoms with Crippen LogP contribution < -0.4 is 0 Å². The summed E-state index contributed by atoms with van der Waals surface area (Å²) in [6.45, 7) is -0.781. The van der Waals surface area contributed by atoms with Crippen LogP contribution in [0.1, 0.15) is 0 Å². The van der Waals surface area contributed by atoms with Crippen molar-refractivity contribution < 1.29 is 34.7 Å². The summed E-state index contributed by atoms with van der Waals surface area (Å²) in [4.78, 5) is 0. The molecule has 1 heterocycles. The maximum Gasteiger partial charge on any atom is 0.347 e. The van der Waals surface area contributed by atoms with Crippen molar-refractivity contribution in [3.8, 4) is 0 Å². The van der Waals surface area contributed by atoms with Crippen LogP contribution >= 0.6 is 0 Å². The van der Waals surface area contributed by atoms with Crippen molar-refractivity contribution in [1.29, 1.82) is 0 Å². The molecule has 13 heavy (non-hydrogen) atoms. The van der Waals surface area contributed by atoms with Crippen LogP contribution in [0.15, 0.2) is 0 Å². The van der Waals surface area contributed by atoms with Crippen molar-refractivity contribution in [1.82, 2.24) is 0 Å². The first-order valence-electron chi connectivity index (χ1n) is 3.64. The largest absolute Gasteiger partial charge is 0.394 e. The number of hydrogen-bond acceptors (Lipinski definition) is 6. The van der Waals surface area contributed by atoms with Crippen LogP contribution in [-0.4, -0.2) is 62.6 Å². The van der Waals surface area contributed by atoms with E-state index >= 15 is 0 Å². The van der Waals surface area contributed by atoms with Gasteiger partial charge in [0.05, 0.1) is 6.61 Å². The lowest BCUT2D eigenvalue weighted by Gasteiger charge is -2.40. The van der Waals surface area contributed by atoms with E-state index < -0.39 is 37.1 Å². The smallest absolute Gasteiger partial charge is 0.347 e. The molecule has 7 heteroatoms. The van der Waals surface area contributed by atoms with Crippen LogP contribution in [0.25, 0.3) is 0 Å². The topological polar surface area (TPSA) is 110 Å². The van der Waals surface area contributed by atoms with Gasteiger partial charge in [0.15, 0.2) is 6.10 Å². The quantitative estimate of drug-likeness (QED) is 0.308. The average Bonchev–Trinajstić information content (AvgIpc) is 2.08. The van der Waals surface area contributed by atoms with Gasteiger partial charge in [-0.25, -0.2) is 0 Å². The third kappa shape index (κ3) is 1.80. The van der Waals surface area contributed by atoms with Gasteiger partial charge in [0.2, 0.25) is 0 Å². The number of ether oxygens (including phenoxy) is 1. The van der Waals surface area contributed by atoms with E-state index in [1.807, 2.05) is 0 Å². The SMILES string of the molecule is OC[C@H]1O[C@@](O)(F)[C@H](O)[C@@H](O)[C@H]1O. The van der Waals surface area contributed by atoms with Crippen LogP contribution in [0.2, 0.25) is 0 Å². The number of aliphatic hydroxyl groups excluding tert-OH is 4. The van der Waals surface area contributed by atoms with E-state index in [9.17, 15) is 4.39 Å². The lowest BCUT2D eigenvalue weighted by Crippen LogP contribution is -2.63. The molecule has 1 rings (SSSR count). The number of alkyl halides is 1. The van der Waals surface area contributed by atoms with Gasteiger partial charge in [0, 0.05) is 0 Å². The van der Waals surface area contributed by atoms with Gasteiger partial charge in [-0.1, -0.05) is 0 Å². The van der Waals surface area contributed by atoms with E-state index in [4.69, 9.17) is 25.5 Å². The van der Waals surface area contributed by atoms with E-state index in [1.54, 1.807) is 0 Å². The van der Waals surface area contributed by atoms with Gasteiger partial charge in [-0.05, 0) is 0 Å². The Balaban J connectivity index is 2.79. The molecule has 0 bridgehead atoms. The van der Waals surface area contributed by atoms with Gasteiger partial charge in [-0.2, -0.15) is 4.39 Å². The number of halogens is 1. The minimum absolute atomic E-state index is 0.781. The predicted molar refractivity (Wildman–Crippen MR) is 36.0 cm³/mol. The second kappa shape index (κ2) is 3.45. The third-order valence-corrected chi connectivity index (χ3v) is 1.92. The van der Waals surface area contributed by atoms with Gasteiger partial charge < -0.3 is 30.3 Å². The van der Waals surface area contributed by atoms with Gasteiger partial charge in [-0.3, -0.25) is 0 Å². The molecular weight excluding hydrogens is 187 g/mol. The highest BCUT2D eigenvalue weighted by Gasteiger charge is 2.53. The zero-order valence-electron chi connectivity index (χ0n) is 6.54. The molecule has 0 spiro atoms. The normalized spacial score (nSPS) is 52.2. The van der Waals surface area contributed by atoms with Crippen LogP contribution in [0.5, 0.6) is 0 Å². The summed E-state index contributed by atoms with van der Waals surface area (Å²) in [6.07, 6.45) is -7.27. The van der Waals surface area contributed by atoms with Gasteiger partial charge >= 0.3 is 6.04 Å². The van der Waals surface area contributed by atoms with E-state index in [0.717, 1.165) is 0 Å². The van der Waals surface area contributed by atoms with Crippen molar-refractivity contribution >= 4 is 0 Å². The molecule has 1 saturated heterocycles. The fourth-order valence-corrected chi connectivity index (χ4v) is 1.11. The molecule has 0 aliphatic carbocycles. The Morgan fingerprint density at radius 2 is 1.77 bits per heavy atom. The zero-order valence-corrected chi connectivity index (χ0v) is 6.54. The van der Waals surface area contributed by atoms with Gasteiger partial charge in [-0.15, -0.1) is 0 Å². The molecule has 0 unspecified atom stereocenters. The second-order valence-electron chi connectivity index (χ2n) is 2.87. The second-order valence-corrected chi connectivity index (χ2v) is 2.87. The van der Waals surface area contributed by atoms with Crippen molar-refractivity contribution in [2.75, 3.05) is 6.61 Å². The van der Waals surface area contributed by atoms with Crippen molar-refractivity contribution in [3.05, 3.63) is 0 Å². The number of rotatable bonds is 1. The molecule has 0 aromatic rings.